The molecule has 0 unspecified atom stereocenters. The molecule has 2 aromatic heterocycles. The van der Waals surface area contributed by atoms with Crippen molar-refractivity contribution < 1.29 is 8.81 Å². The molecule has 0 radical (unpaired) electrons. The number of para-hydroxylation sites is 1. The van der Waals surface area contributed by atoms with Crippen molar-refractivity contribution in [2.24, 2.45) is 0 Å². The molecule has 6 heteroatoms. The summed E-state index contributed by atoms with van der Waals surface area (Å²) in [6.07, 6.45) is 2.35. The lowest BCUT2D eigenvalue weighted by Crippen LogP contribution is -2.01. The summed E-state index contributed by atoms with van der Waals surface area (Å²) in [5.41, 5.74) is 1.90. The van der Waals surface area contributed by atoms with Crippen molar-refractivity contribution in [2.75, 3.05) is 0 Å². The largest absolute Gasteiger partial charge is 0.460 e. The summed E-state index contributed by atoms with van der Waals surface area (Å²) < 4.78 is 21.0. The smallest absolute Gasteiger partial charge is 0.209 e. The highest BCUT2D eigenvalue weighted by Gasteiger charge is 2.30. The zero-order valence-corrected chi connectivity index (χ0v) is 15.9. The molecule has 1 aliphatic carbocycles. The Labute approximate surface area is 166 Å². The minimum Gasteiger partial charge on any atom is -0.460 e. The third-order valence-electron chi connectivity index (χ3n) is 4.69. The number of thioether (sulfide) groups is 1. The fourth-order valence-electron chi connectivity index (χ4n) is 3.09. The first-order valence-electron chi connectivity index (χ1n) is 9.26. The van der Waals surface area contributed by atoms with Crippen molar-refractivity contribution >= 4 is 11.8 Å². The van der Waals surface area contributed by atoms with Gasteiger partial charge < -0.3 is 4.42 Å². The lowest BCUT2D eigenvalue weighted by atomic mass is 10.2. The van der Waals surface area contributed by atoms with E-state index in [4.69, 9.17) is 14.5 Å². The number of benzene rings is 2. The normalized spacial score (nSPS) is 13.8. The molecule has 1 aliphatic rings. The van der Waals surface area contributed by atoms with Crippen molar-refractivity contribution in [2.45, 2.75) is 29.7 Å². The second-order valence-electron chi connectivity index (χ2n) is 6.84. The third kappa shape index (κ3) is 3.60. The molecule has 140 valence electrons. The summed E-state index contributed by atoms with van der Waals surface area (Å²) >= 11 is 1.56. The molecule has 1 fully saturated rings. The van der Waals surface area contributed by atoms with Crippen LogP contribution in [0.1, 0.15) is 30.3 Å². The first-order valence-corrected chi connectivity index (χ1v) is 10.2. The maximum atomic E-state index is 13.1. The molecule has 28 heavy (non-hydrogen) atoms. The van der Waals surface area contributed by atoms with E-state index < -0.39 is 0 Å². The molecule has 0 saturated heterocycles. The number of aromatic nitrogens is 3. The number of halogens is 1. The molecule has 4 aromatic rings. The molecule has 0 atom stereocenters. The van der Waals surface area contributed by atoms with Gasteiger partial charge in [0, 0.05) is 11.5 Å². The van der Waals surface area contributed by atoms with Gasteiger partial charge in [-0.2, -0.15) is 0 Å². The second kappa shape index (κ2) is 7.28. The molecule has 0 bridgehead atoms. The van der Waals surface area contributed by atoms with Gasteiger partial charge in [-0.3, -0.25) is 0 Å². The van der Waals surface area contributed by atoms with E-state index in [1.54, 1.807) is 23.9 Å². The molecule has 0 spiro atoms. The van der Waals surface area contributed by atoms with E-state index in [1.807, 2.05) is 35.0 Å². The van der Waals surface area contributed by atoms with Crippen molar-refractivity contribution in [3.05, 3.63) is 84.1 Å². The Balaban J connectivity index is 1.33. The first kappa shape index (κ1) is 17.3. The molecule has 2 aromatic carbocycles. The Morgan fingerprint density at radius 2 is 1.79 bits per heavy atom. The Morgan fingerprint density at radius 3 is 2.54 bits per heavy atom. The van der Waals surface area contributed by atoms with Gasteiger partial charge in [0.1, 0.15) is 23.2 Å². The fourth-order valence-corrected chi connectivity index (χ4v) is 3.82. The van der Waals surface area contributed by atoms with Gasteiger partial charge in [-0.15, -0.1) is 5.10 Å². The average molecular weight is 391 g/mol. The SMILES string of the molecule is Fc1ccc(-c2ccc(CSc3nc(C4CC4)n(-c4ccccc4)n3)o2)cc1. The third-order valence-corrected chi connectivity index (χ3v) is 5.55. The van der Waals surface area contributed by atoms with E-state index >= 15 is 0 Å². The summed E-state index contributed by atoms with van der Waals surface area (Å²) in [4.78, 5) is 4.77. The molecule has 4 nitrogen and oxygen atoms in total. The van der Waals surface area contributed by atoms with Gasteiger partial charge in [0.15, 0.2) is 0 Å². The second-order valence-corrected chi connectivity index (χ2v) is 7.78. The van der Waals surface area contributed by atoms with Gasteiger partial charge in [-0.05, 0) is 61.4 Å². The zero-order valence-electron chi connectivity index (χ0n) is 15.1. The Morgan fingerprint density at radius 1 is 1.00 bits per heavy atom. The highest BCUT2D eigenvalue weighted by molar-refractivity contribution is 7.98. The van der Waals surface area contributed by atoms with Crippen molar-refractivity contribution in [1.82, 2.24) is 14.8 Å². The lowest BCUT2D eigenvalue weighted by Gasteiger charge is -2.03. The van der Waals surface area contributed by atoms with Gasteiger partial charge >= 0.3 is 0 Å². The Kier molecular flexibility index (Phi) is 4.49. The van der Waals surface area contributed by atoms with E-state index in [-0.39, 0.29) is 5.82 Å². The molecular formula is C22H18FN3OS. The number of hydrogen-bond donors (Lipinski definition) is 0. The van der Waals surface area contributed by atoms with E-state index in [0.717, 1.165) is 33.8 Å². The average Bonchev–Trinajstić information content (AvgIpc) is 3.31. The van der Waals surface area contributed by atoms with E-state index in [2.05, 4.69) is 12.1 Å². The topological polar surface area (TPSA) is 43.9 Å². The highest BCUT2D eigenvalue weighted by atomic mass is 32.2. The van der Waals surface area contributed by atoms with Crippen molar-refractivity contribution in [3.63, 3.8) is 0 Å². The summed E-state index contributed by atoms with van der Waals surface area (Å²) in [6, 6.07) is 20.3. The Bertz CT molecular complexity index is 1080. The maximum absolute atomic E-state index is 13.1. The van der Waals surface area contributed by atoms with Crippen LogP contribution in [-0.4, -0.2) is 14.8 Å². The van der Waals surface area contributed by atoms with Crippen LogP contribution in [0.3, 0.4) is 0 Å². The van der Waals surface area contributed by atoms with Crippen LogP contribution in [0.25, 0.3) is 17.0 Å². The van der Waals surface area contributed by atoms with Crippen LogP contribution in [0.2, 0.25) is 0 Å². The van der Waals surface area contributed by atoms with Crippen LogP contribution in [-0.2, 0) is 5.75 Å². The fraction of sp³-hybridized carbons (Fsp3) is 0.182. The van der Waals surface area contributed by atoms with E-state index in [9.17, 15) is 4.39 Å². The molecule has 1 saturated carbocycles. The van der Waals surface area contributed by atoms with Gasteiger partial charge in [0.05, 0.1) is 11.4 Å². The van der Waals surface area contributed by atoms with Crippen LogP contribution in [0.4, 0.5) is 4.39 Å². The quantitative estimate of drug-likeness (QED) is 0.388. The predicted molar refractivity (Wildman–Crippen MR) is 107 cm³/mol. The van der Waals surface area contributed by atoms with Crippen LogP contribution < -0.4 is 0 Å². The summed E-state index contributed by atoms with van der Waals surface area (Å²) in [5, 5.41) is 5.47. The van der Waals surface area contributed by atoms with Crippen molar-refractivity contribution in [1.29, 1.82) is 0 Å². The number of hydrogen-bond acceptors (Lipinski definition) is 4. The summed E-state index contributed by atoms with van der Waals surface area (Å²) in [7, 11) is 0. The first-order chi connectivity index (χ1) is 13.8. The molecule has 2 heterocycles. The Hall–Kier alpha value is -2.86. The molecular weight excluding hydrogens is 373 g/mol. The standard InChI is InChI=1S/C22H18FN3OS/c23-17-10-8-15(9-11-17)20-13-12-19(27-20)14-28-22-24-21(16-6-7-16)26(25-22)18-4-2-1-3-5-18/h1-5,8-13,16H,6-7,14H2. The maximum Gasteiger partial charge on any atom is 0.209 e. The summed E-state index contributed by atoms with van der Waals surface area (Å²) in [5.74, 6) is 3.52. The van der Waals surface area contributed by atoms with Crippen molar-refractivity contribution in [3.8, 4) is 17.0 Å². The van der Waals surface area contributed by atoms with E-state index in [0.29, 0.717) is 11.7 Å². The van der Waals surface area contributed by atoms with Crippen LogP contribution in [0, 0.1) is 5.82 Å². The van der Waals surface area contributed by atoms with Gasteiger partial charge in [0.2, 0.25) is 5.16 Å². The van der Waals surface area contributed by atoms with Gasteiger partial charge in [-0.1, -0.05) is 30.0 Å². The lowest BCUT2D eigenvalue weighted by molar-refractivity contribution is 0.544. The molecule has 0 aliphatic heterocycles. The van der Waals surface area contributed by atoms with Crippen LogP contribution >= 0.6 is 11.8 Å². The monoisotopic (exact) mass is 391 g/mol. The van der Waals surface area contributed by atoms with Gasteiger partial charge in [-0.25, -0.2) is 14.1 Å². The van der Waals surface area contributed by atoms with Crippen LogP contribution in [0.5, 0.6) is 0 Å². The zero-order chi connectivity index (χ0) is 18.9. The van der Waals surface area contributed by atoms with E-state index in [1.165, 1.54) is 25.0 Å². The minimum atomic E-state index is -0.252. The minimum absolute atomic E-state index is 0.252. The highest BCUT2D eigenvalue weighted by Crippen LogP contribution is 2.40. The number of nitrogens with zero attached hydrogens (tertiary/aromatic N) is 3. The predicted octanol–water partition coefficient (Wildman–Crippen LogP) is 5.84. The number of rotatable bonds is 6. The van der Waals surface area contributed by atoms with Crippen LogP contribution in [0.15, 0.2) is 76.3 Å². The van der Waals surface area contributed by atoms with Gasteiger partial charge in [0.25, 0.3) is 0 Å². The molecule has 0 N–H and O–H groups in total. The molecule has 0 amide bonds. The number of furan rings is 1. The molecule has 5 rings (SSSR count). The summed E-state index contributed by atoms with van der Waals surface area (Å²) in [6.45, 7) is 0.